The van der Waals surface area contributed by atoms with Crippen LogP contribution in [0, 0.1) is 0 Å². The molecule has 0 amide bonds. The van der Waals surface area contributed by atoms with E-state index in [0.717, 1.165) is 51.1 Å². The summed E-state index contributed by atoms with van der Waals surface area (Å²) in [6.07, 6.45) is 4.79. The van der Waals surface area contributed by atoms with Crippen molar-refractivity contribution < 1.29 is 9.53 Å². The van der Waals surface area contributed by atoms with Gasteiger partial charge in [-0.2, -0.15) is 4.99 Å². The Bertz CT molecular complexity index is 499. The van der Waals surface area contributed by atoms with Crippen LogP contribution in [0.4, 0.5) is 5.69 Å². The van der Waals surface area contributed by atoms with Crippen molar-refractivity contribution in [1.82, 2.24) is 0 Å². The van der Waals surface area contributed by atoms with Crippen molar-refractivity contribution in [2.75, 3.05) is 31.2 Å². The zero-order valence-electron chi connectivity index (χ0n) is 11.0. The number of rotatable bonds is 3. The van der Waals surface area contributed by atoms with Gasteiger partial charge in [0.1, 0.15) is 0 Å². The molecule has 0 bridgehead atoms. The Morgan fingerprint density at radius 3 is 2.68 bits per heavy atom. The van der Waals surface area contributed by atoms with Crippen LogP contribution < -0.4 is 4.90 Å². The lowest BCUT2D eigenvalue weighted by Crippen LogP contribution is -2.37. The van der Waals surface area contributed by atoms with Gasteiger partial charge in [-0.25, -0.2) is 4.79 Å². The Kier molecular flexibility index (Phi) is 3.36. The van der Waals surface area contributed by atoms with E-state index < -0.39 is 0 Å². The van der Waals surface area contributed by atoms with Gasteiger partial charge < -0.3 is 9.64 Å². The second-order valence-corrected chi connectivity index (χ2v) is 5.24. The third kappa shape index (κ3) is 2.29. The molecule has 0 spiro atoms. The number of morpholine rings is 1. The number of aliphatic imine (C=N–C) groups is 1. The summed E-state index contributed by atoms with van der Waals surface area (Å²) in [5, 5.41) is 0. The maximum absolute atomic E-state index is 10.7. The lowest BCUT2D eigenvalue weighted by molar-refractivity contribution is 0.122. The van der Waals surface area contributed by atoms with Crippen LogP contribution in [0.2, 0.25) is 0 Å². The average molecular weight is 258 g/mol. The Morgan fingerprint density at radius 2 is 2.05 bits per heavy atom. The molecule has 4 nitrogen and oxygen atoms in total. The van der Waals surface area contributed by atoms with Crippen LogP contribution in [0.1, 0.15) is 24.8 Å². The molecule has 100 valence electrons. The van der Waals surface area contributed by atoms with Crippen molar-refractivity contribution in [1.29, 1.82) is 0 Å². The smallest absolute Gasteiger partial charge is 0.235 e. The Balaban J connectivity index is 1.88. The fourth-order valence-corrected chi connectivity index (χ4v) is 2.88. The maximum Gasteiger partial charge on any atom is 0.235 e. The van der Waals surface area contributed by atoms with E-state index in [1.165, 1.54) is 5.69 Å². The van der Waals surface area contributed by atoms with Crippen LogP contribution in [0.5, 0.6) is 0 Å². The molecule has 2 fully saturated rings. The molecular weight excluding hydrogens is 240 g/mol. The Hall–Kier alpha value is -1.64. The van der Waals surface area contributed by atoms with Crippen molar-refractivity contribution in [3.8, 4) is 0 Å². The van der Waals surface area contributed by atoms with Gasteiger partial charge in [0.25, 0.3) is 0 Å². The summed E-state index contributed by atoms with van der Waals surface area (Å²) >= 11 is 0. The molecule has 0 aromatic heterocycles. The number of ether oxygens (including phenoxy) is 1. The number of isocyanates is 1. The minimum absolute atomic E-state index is 0.302. The summed E-state index contributed by atoms with van der Waals surface area (Å²) < 4.78 is 5.38. The Morgan fingerprint density at radius 1 is 1.26 bits per heavy atom. The zero-order valence-corrected chi connectivity index (χ0v) is 11.0. The van der Waals surface area contributed by atoms with Crippen LogP contribution in [0.3, 0.4) is 0 Å². The van der Waals surface area contributed by atoms with Gasteiger partial charge in [-0.05, 0) is 37.0 Å². The van der Waals surface area contributed by atoms with Gasteiger partial charge in [-0.3, -0.25) is 0 Å². The second-order valence-electron chi connectivity index (χ2n) is 5.24. The number of benzene rings is 1. The molecule has 2 aliphatic rings. The molecule has 1 saturated heterocycles. The molecule has 1 heterocycles. The third-order valence-electron chi connectivity index (χ3n) is 4.20. The van der Waals surface area contributed by atoms with Gasteiger partial charge in [0.2, 0.25) is 6.08 Å². The fraction of sp³-hybridized carbons (Fsp3) is 0.533. The van der Waals surface area contributed by atoms with Crippen LogP contribution in [0.25, 0.3) is 0 Å². The van der Waals surface area contributed by atoms with E-state index in [9.17, 15) is 4.79 Å². The molecular formula is C15H18N2O2. The molecule has 1 saturated carbocycles. The van der Waals surface area contributed by atoms with Crippen molar-refractivity contribution >= 4 is 11.8 Å². The quantitative estimate of drug-likeness (QED) is 0.617. The summed E-state index contributed by atoms with van der Waals surface area (Å²) in [5.74, 6) is 0. The molecule has 1 aliphatic carbocycles. The SMILES string of the molecule is O=C=NC1(c2cccc(N3CCOCC3)c2)CCC1. The highest BCUT2D eigenvalue weighted by molar-refractivity contribution is 5.51. The normalized spacial score (nSPS) is 21.4. The van der Waals surface area contributed by atoms with Crippen LogP contribution in [-0.4, -0.2) is 32.4 Å². The monoisotopic (exact) mass is 258 g/mol. The van der Waals surface area contributed by atoms with E-state index in [2.05, 4.69) is 34.2 Å². The molecule has 0 N–H and O–H groups in total. The van der Waals surface area contributed by atoms with Gasteiger partial charge in [0.05, 0.1) is 18.8 Å². The van der Waals surface area contributed by atoms with Gasteiger partial charge in [-0.1, -0.05) is 12.1 Å². The molecule has 4 heteroatoms. The summed E-state index contributed by atoms with van der Waals surface area (Å²) in [6, 6.07) is 8.42. The highest BCUT2D eigenvalue weighted by Gasteiger charge is 2.39. The molecule has 1 aliphatic heterocycles. The van der Waals surface area contributed by atoms with Gasteiger partial charge in [0.15, 0.2) is 0 Å². The standard InChI is InChI=1S/C15H18N2O2/c18-12-16-15(5-2-6-15)13-3-1-4-14(11-13)17-7-9-19-10-8-17/h1,3-4,11H,2,5-10H2. The lowest BCUT2D eigenvalue weighted by atomic mass is 9.72. The first-order chi connectivity index (χ1) is 9.34. The summed E-state index contributed by atoms with van der Waals surface area (Å²) in [5.41, 5.74) is 2.05. The predicted molar refractivity (Wildman–Crippen MR) is 73.1 cm³/mol. The first-order valence-corrected chi connectivity index (χ1v) is 6.86. The van der Waals surface area contributed by atoms with Crippen LogP contribution in [-0.2, 0) is 15.1 Å². The molecule has 3 rings (SSSR count). The van der Waals surface area contributed by atoms with E-state index in [0.29, 0.717) is 0 Å². The van der Waals surface area contributed by atoms with Crippen molar-refractivity contribution in [2.24, 2.45) is 4.99 Å². The van der Waals surface area contributed by atoms with Gasteiger partial charge in [0, 0.05) is 18.8 Å². The van der Waals surface area contributed by atoms with Crippen molar-refractivity contribution in [2.45, 2.75) is 24.8 Å². The largest absolute Gasteiger partial charge is 0.378 e. The zero-order chi connectivity index (χ0) is 13.1. The number of carbonyl (C=O) groups excluding carboxylic acids is 1. The molecule has 19 heavy (non-hydrogen) atoms. The number of nitrogens with zero attached hydrogens (tertiary/aromatic N) is 2. The fourth-order valence-electron chi connectivity index (χ4n) is 2.88. The minimum atomic E-state index is -0.302. The lowest BCUT2D eigenvalue weighted by Gasteiger charge is -2.38. The molecule has 1 aromatic carbocycles. The van der Waals surface area contributed by atoms with E-state index in [-0.39, 0.29) is 5.54 Å². The summed E-state index contributed by atoms with van der Waals surface area (Å²) in [4.78, 5) is 17.0. The summed E-state index contributed by atoms with van der Waals surface area (Å²) in [7, 11) is 0. The molecule has 0 unspecified atom stereocenters. The van der Waals surface area contributed by atoms with E-state index >= 15 is 0 Å². The second kappa shape index (κ2) is 5.16. The molecule has 0 atom stereocenters. The number of anilines is 1. The van der Waals surface area contributed by atoms with E-state index in [1.807, 2.05) is 0 Å². The highest BCUT2D eigenvalue weighted by Crippen LogP contribution is 2.45. The average Bonchev–Trinajstić information content (AvgIpc) is 2.44. The maximum atomic E-state index is 10.7. The third-order valence-corrected chi connectivity index (χ3v) is 4.20. The minimum Gasteiger partial charge on any atom is -0.378 e. The Labute approximate surface area is 113 Å². The highest BCUT2D eigenvalue weighted by atomic mass is 16.5. The van der Waals surface area contributed by atoms with Gasteiger partial charge >= 0.3 is 0 Å². The predicted octanol–water partition coefficient (Wildman–Crippen LogP) is 2.24. The van der Waals surface area contributed by atoms with E-state index in [1.54, 1.807) is 6.08 Å². The van der Waals surface area contributed by atoms with Gasteiger partial charge in [-0.15, -0.1) is 0 Å². The number of hydrogen-bond donors (Lipinski definition) is 0. The topological polar surface area (TPSA) is 41.9 Å². The molecule has 1 aromatic rings. The van der Waals surface area contributed by atoms with E-state index in [4.69, 9.17) is 4.74 Å². The van der Waals surface area contributed by atoms with Crippen molar-refractivity contribution in [3.63, 3.8) is 0 Å². The first-order valence-electron chi connectivity index (χ1n) is 6.86. The van der Waals surface area contributed by atoms with Crippen LogP contribution >= 0.6 is 0 Å². The first kappa shape index (κ1) is 12.4. The number of hydrogen-bond acceptors (Lipinski definition) is 4. The van der Waals surface area contributed by atoms with Crippen LogP contribution in [0.15, 0.2) is 29.3 Å². The molecule has 0 radical (unpaired) electrons. The van der Waals surface area contributed by atoms with Crippen molar-refractivity contribution in [3.05, 3.63) is 29.8 Å². The summed E-state index contributed by atoms with van der Waals surface area (Å²) in [6.45, 7) is 3.41.